The molecule has 0 bridgehead atoms. The summed E-state index contributed by atoms with van der Waals surface area (Å²) >= 11 is 6.24. The van der Waals surface area contributed by atoms with Gasteiger partial charge in [0.1, 0.15) is 5.57 Å². The lowest BCUT2D eigenvalue weighted by Gasteiger charge is -2.16. The highest BCUT2D eigenvalue weighted by molar-refractivity contribution is 6.34. The van der Waals surface area contributed by atoms with E-state index in [0.29, 0.717) is 27.8 Å². The van der Waals surface area contributed by atoms with Crippen LogP contribution < -0.4 is 19.9 Å². The second-order valence-corrected chi connectivity index (χ2v) is 6.54. The molecule has 1 N–H and O–H groups in total. The van der Waals surface area contributed by atoms with Crippen LogP contribution in [0.4, 0.5) is 5.69 Å². The van der Waals surface area contributed by atoms with Gasteiger partial charge in [0.05, 0.1) is 10.7 Å². The Balaban J connectivity index is 1.69. The maximum atomic E-state index is 12.7. The number of hydrogen-bond acceptors (Lipinski definition) is 4. The predicted molar refractivity (Wildman–Crippen MR) is 97.1 cm³/mol. The number of hydrogen-bond donors (Lipinski definition) is 1. The molecular weight excluding hydrogens is 356 g/mol. The normalized spacial score (nSPS) is 17.2. The number of aryl methyl sites for hydroxylation is 2. The third-order valence-electron chi connectivity index (χ3n) is 4.43. The highest BCUT2D eigenvalue weighted by Crippen LogP contribution is 2.38. The molecule has 0 unspecified atom stereocenters. The highest BCUT2D eigenvalue weighted by atomic mass is 35.5. The summed E-state index contributed by atoms with van der Waals surface area (Å²) in [6.07, 6.45) is 1.46. The number of benzene rings is 2. The molecule has 6 nitrogen and oxygen atoms in total. The Morgan fingerprint density at radius 2 is 1.81 bits per heavy atom. The fraction of sp³-hybridized carbons (Fsp3) is 0.158. The zero-order valence-corrected chi connectivity index (χ0v) is 14.9. The summed E-state index contributed by atoms with van der Waals surface area (Å²) in [4.78, 5) is 25.1. The molecule has 0 aromatic heterocycles. The number of anilines is 1. The summed E-state index contributed by atoms with van der Waals surface area (Å²) in [6.45, 7) is 4.05. The van der Waals surface area contributed by atoms with E-state index in [-0.39, 0.29) is 12.4 Å². The van der Waals surface area contributed by atoms with Gasteiger partial charge in [-0.15, -0.1) is 0 Å². The van der Waals surface area contributed by atoms with Gasteiger partial charge in [-0.05, 0) is 54.8 Å². The second-order valence-electron chi connectivity index (χ2n) is 6.14. The Kier molecular flexibility index (Phi) is 3.85. The number of carbonyl (C=O) groups excluding carboxylic acids is 2. The maximum Gasteiger partial charge on any atom is 0.282 e. The third-order valence-corrected chi connectivity index (χ3v) is 4.76. The Morgan fingerprint density at radius 1 is 1.08 bits per heavy atom. The van der Waals surface area contributed by atoms with E-state index in [4.69, 9.17) is 21.1 Å². The molecule has 0 spiro atoms. The summed E-state index contributed by atoms with van der Waals surface area (Å²) in [7, 11) is 0. The van der Waals surface area contributed by atoms with Crippen molar-refractivity contribution >= 4 is 35.2 Å². The summed E-state index contributed by atoms with van der Waals surface area (Å²) in [5.74, 6) is 0.142. The molecule has 2 aromatic carbocycles. The zero-order valence-electron chi connectivity index (χ0n) is 14.1. The van der Waals surface area contributed by atoms with Crippen molar-refractivity contribution in [3.05, 3.63) is 57.6 Å². The first-order valence-corrected chi connectivity index (χ1v) is 8.35. The van der Waals surface area contributed by atoms with Crippen LogP contribution in [0.15, 0.2) is 35.9 Å². The minimum atomic E-state index is -0.484. The molecule has 1 fully saturated rings. The Labute approximate surface area is 154 Å². The van der Waals surface area contributed by atoms with E-state index >= 15 is 0 Å². The van der Waals surface area contributed by atoms with E-state index in [1.807, 2.05) is 26.0 Å². The van der Waals surface area contributed by atoms with Gasteiger partial charge in [0.2, 0.25) is 6.79 Å². The lowest BCUT2D eigenvalue weighted by molar-refractivity contribution is -0.117. The van der Waals surface area contributed by atoms with Crippen LogP contribution in [0.2, 0.25) is 5.02 Å². The number of nitrogens with zero attached hydrogens (tertiary/aromatic N) is 1. The minimum Gasteiger partial charge on any atom is -0.454 e. The second kappa shape index (κ2) is 6.07. The lowest BCUT2D eigenvalue weighted by Crippen LogP contribution is -2.35. The average molecular weight is 371 g/mol. The molecule has 26 heavy (non-hydrogen) atoms. The van der Waals surface area contributed by atoms with Crippen LogP contribution in [0.25, 0.3) is 6.08 Å². The Morgan fingerprint density at radius 3 is 2.54 bits per heavy atom. The molecule has 2 heterocycles. The van der Waals surface area contributed by atoms with Crippen LogP contribution in [0, 0.1) is 13.8 Å². The van der Waals surface area contributed by atoms with Gasteiger partial charge < -0.3 is 9.47 Å². The van der Waals surface area contributed by atoms with Crippen LogP contribution in [-0.2, 0) is 9.59 Å². The van der Waals surface area contributed by atoms with Gasteiger partial charge in [-0.2, -0.15) is 0 Å². The molecule has 0 aliphatic carbocycles. The van der Waals surface area contributed by atoms with E-state index in [1.54, 1.807) is 18.2 Å². The van der Waals surface area contributed by atoms with E-state index < -0.39 is 11.8 Å². The fourth-order valence-electron chi connectivity index (χ4n) is 2.80. The number of ether oxygens (including phenoxy) is 2. The highest BCUT2D eigenvalue weighted by Gasteiger charge is 2.35. The molecule has 7 heteroatoms. The molecule has 2 aromatic rings. The number of halogens is 1. The number of amides is 2. The van der Waals surface area contributed by atoms with Crippen LogP contribution in [0.3, 0.4) is 0 Å². The SMILES string of the molecule is Cc1ccc(N2NC(=O)C(=Cc3cc4c(cc3Cl)OCO4)C2=O)cc1C. The topological polar surface area (TPSA) is 67.9 Å². The quantitative estimate of drug-likeness (QED) is 0.651. The number of rotatable bonds is 2. The molecule has 2 amide bonds. The Bertz CT molecular complexity index is 984. The van der Waals surface area contributed by atoms with Gasteiger partial charge in [-0.1, -0.05) is 17.7 Å². The first kappa shape index (κ1) is 16.5. The maximum absolute atomic E-state index is 12.7. The van der Waals surface area contributed by atoms with Crippen molar-refractivity contribution in [3.8, 4) is 11.5 Å². The van der Waals surface area contributed by atoms with E-state index in [2.05, 4.69) is 5.43 Å². The van der Waals surface area contributed by atoms with Crippen molar-refractivity contribution in [2.45, 2.75) is 13.8 Å². The first-order chi connectivity index (χ1) is 12.4. The van der Waals surface area contributed by atoms with E-state index in [1.165, 1.54) is 11.1 Å². The standard InChI is InChI=1S/C19H15ClN2O4/c1-10-3-4-13(5-11(10)2)22-19(24)14(18(23)21-22)6-12-7-16-17(8-15(12)20)26-9-25-16/h3-8H,9H2,1-2H3,(H,21,23). The number of fused-ring (bicyclic) bond motifs is 1. The van der Waals surface area contributed by atoms with Crippen molar-refractivity contribution in [1.82, 2.24) is 5.43 Å². The van der Waals surface area contributed by atoms with Gasteiger partial charge in [-0.25, -0.2) is 5.01 Å². The van der Waals surface area contributed by atoms with Crippen LogP contribution in [0.5, 0.6) is 11.5 Å². The first-order valence-electron chi connectivity index (χ1n) is 7.97. The molecule has 0 saturated carbocycles. The van der Waals surface area contributed by atoms with Crippen molar-refractivity contribution in [1.29, 1.82) is 0 Å². The van der Waals surface area contributed by atoms with Crippen LogP contribution >= 0.6 is 11.6 Å². The van der Waals surface area contributed by atoms with Gasteiger partial charge in [-0.3, -0.25) is 15.0 Å². The molecule has 4 rings (SSSR count). The van der Waals surface area contributed by atoms with Gasteiger partial charge in [0.25, 0.3) is 11.8 Å². The monoisotopic (exact) mass is 370 g/mol. The Hall–Kier alpha value is -2.99. The van der Waals surface area contributed by atoms with E-state index in [0.717, 1.165) is 11.1 Å². The van der Waals surface area contributed by atoms with Gasteiger partial charge >= 0.3 is 0 Å². The zero-order chi connectivity index (χ0) is 18.4. The smallest absolute Gasteiger partial charge is 0.282 e. The lowest BCUT2D eigenvalue weighted by atomic mass is 10.1. The number of hydrazine groups is 1. The molecule has 2 aliphatic rings. The number of carbonyl (C=O) groups is 2. The fourth-order valence-corrected chi connectivity index (χ4v) is 3.01. The largest absolute Gasteiger partial charge is 0.454 e. The van der Waals surface area contributed by atoms with Crippen LogP contribution in [-0.4, -0.2) is 18.6 Å². The van der Waals surface area contributed by atoms with Crippen LogP contribution in [0.1, 0.15) is 16.7 Å². The van der Waals surface area contributed by atoms with Crippen molar-refractivity contribution in [2.75, 3.05) is 11.8 Å². The molecular formula is C19H15ClN2O4. The number of nitrogens with one attached hydrogen (secondary N) is 1. The molecule has 0 radical (unpaired) electrons. The summed E-state index contributed by atoms with van der Waals surface area (Å²) < 4.78 is 10.6. The summed E-state index contributed by atoms with van der Waals surface area (Å²) in [6, 6.07) is 8.80. The molecule has 1 saturated heterocycles. The van der Waals surface area contributed by atoms with E-state index in [9.17, 15) is 9.59 Å². The summed E-state index contributed by atoms with van der Waals surface area (Å²) in [5, 5.41) is 1.61. The molecule has 0 atom stereocenters. The van der Waals surface area contributed by atoms with Gasteiger partial charge in [0.15, 0.2) is 11.5 Å². The average Bonchev–Trinajstić information content (AvgIpc) is 3.16. The molecule has 132 valence electrons. The summed E-state index contributed by atoms with van der Waals surface area (Å²) in [5.41, 5.74) is 5.84. The van der Waals surface area contributed by atoms with Crippen molar-refractivity contribution in [2.24, 2.45) is 0 Å². The minimum absolute atomic E-state index is 0.00370. The van der Waals surface area contributed by atoms with Crippen molar-refractivity contribution < 1.29 is 19.1 Å². The van der Waals surface area contributed by atoms with Crippen molar-refractivity contribution in [3.63, 3.8) is 0 Å². The third kappa shape index (κ3) is 2.68. The van der Waals surface area contributed by atoms with Gasteiger partial charge in [0, 0.05) is 6.07 Å². The molecule has 2 aliphatic heterocycles. The predicted octanol–water partition coefficient (Wildman–Crippen LogP) is 3.15.